The van der Waals surface area contributed by atoms with E-state index < -0.39 is 5.97 Å². The lowest BCUT2D eigenvalue weighted by Gasteiger charge is -2.09. The summed E-state index contributed by atoms with van der Waals surface area (Å²) in [5, 5.41) is 14.0. The predicted molar refractivity (Wildman–Crippen MR) is 76.1 cm³/mol. The molecule has 0 aliphatic heterocycles. The number of ether oxygens (including phenoxy) is 1. The van der Waals surface area contributed by atoms with Gasteiger partial charge in [0.2, 0.25) is 0 Å². The van der Waals surface area contributed by atoms with Gasteiger partial charge in [0, 0.05) is 18.8 Å². The van der Waals surface area contributed by atoms with E-state index in [1.54, 1.807) is 0 Å². The third kappa shape index (κ3) is 6.19. The molecule has 3 N–H and O–H groups in total. The molecule has 110 valence electrons. The van der Waals surface area contributed by atoms with Crippen molar-refractivity contribution in [1.82, 2.24) is 5.32 Å². The van der Waals surface area contributed by atoms with Gasteiger partial charge < -0.3 is 20.5 Å². The van der Waals surface area contributed by atoms with E-state index in [0.29, 0.717) is 31.4 Å². The van der Waals surface area contributed by atoms with Crippen molar-refractivity contribution in [2.24, 2.45) is 5.92 Å². The quantitative estimate of drug-likeness (QED) is 0.668. The summed E-state index contributed by atoms with van der Waals surface area (Å²) in [6.07, 6.45) is 0. The highest BCUT2D eigenvalue weighted by molar-refractivity contribution is 5.91. The lowest BCUT2D eigenvalue weighted by molar-refractivity contribution is 0.0697. The largest absolute Gasteiger partial charge is 0.478 e. The smallest absolute Gasteiger partial charge is 0.335 e. The molecule has 1 aromatic rings. The Balaban J connectivity index is 2.26. The Labute approximate surface area is 118 Å². The molecule has 2 amide bonds. The second kappa shape index (κ2) is 8.16. The van der Waals surface area contributed by atoms with Crippen LogP contribution in [0.3, 0.4) is 0 Å². The molecule has 1 aromatic carbocycles. The highest BCUT2D eigenvalue weighted by atomic mass is 16.5. The van der Waals surface area contributed by atoms with E-state index in [9.17, 15) is 9.59 Å². The summed E-state index contributed by atoms with van der Waals surface area (Å²) >= 11 is 0. The van der Waals surface area contributed by atoms with Crippen molar-refractivity contribution in [3.63, 3.8) is 0 Å². The zero-order valence-corrected chi connectivity index (χ0v) is 11.7. The lowest BCUT2D eigenvalue weighted by Crippen LogP contribution is -2.31. The van der Waals surface area contributed by atoms with Gasteiger partial charge in [-0.3, -0.25) is 0 Å². The number of carboxylic acids is 1. The van der Waals surface area contributed by atoms with Gasteiger partial charge in [-0.1, -0.05) is 13.8 Å². The maximum Gasteiger partial charge on any atom is 0.335 e. The number of hydrogen-bond donors (Lipinski definition) is 3. The molecule has 6 heteroatoms. The molecule has 0 atom stereocenters. The zero-order chi connectivity index (χ0) is 15.0. The van der Waals surface area contributed by atoms with Crippen LogP contribution in [0.25, 0.3) is 0 Å². The molecule has 0 saturated carbocycles. The second-order valence-corrected chi connectivity index (χ2v) is 4.73. The topological polar surface area (TPSA) is 87.7 Å². The van der Waals surface area contributed by atoms with Gasteiger partial charge in [0.15, 0.2) is 0 Å². The number of anilines is 1. The number of nitrogens with one attached hydrogen (secondary N) is 2. The molecule has 0 aliphatic rings. The predicted octanol–water partition coefficient (Wildman–Crippen LogP) is 2.18. The Morgan fingerprint density at radius 2 is 1.90 bits per heavy atom. The zero-order valence-electron chi connectivity index (χ0n) is 11.7. The van der Waals surface area contributed by atoms with Gasteiger partial charge >= 0.3 is 12.0 Å². The Kier molecular flexibility index (Phi) is 6.52. The third-order valence-corrected chi connectivity index (χ3v) is 2.37. The molecule has 0 spiro atoms. The Morgan fingerprint density at radius 3 is 2.45 bits per heavy atom. The van der Waals surface area contributed by atoms with Gasteiger partial charge in [-0.15, -0.1) is 0 Å². The third-order valence-electron chi connectivity index (χ3n) is 2.37. The first kappa shape index (κ1) is 16.0. The summed E-state index contributed by atoms with van der Waals surface area (Å²) in [6.45, 7) is 5.66. The number of carboxylic acid groups (broad SMARTS) is 1. The van der Waals surface area contributed by atoms with Crippen LogP contribution in [0.5, 0.6) is 0 Å². The average molecular weight is 280 g/mol. The minimum atomic E-state index is -0.997. The van der Waals surface area contributed by atoms with Crippen molar-refractivity contribution in [2.75, 3.05) is 25.1 Å². The summed E-state index contributed by atoms with van der Waals surface area (Å²) in [4.78, 5) is 22.2. The van der Waals surface area contributed by atoms with Gasteiger partial charge in [0.25, 0.3) is 0 Å². The number of carbonyl (C=O) groups excluding carboxylic acids is 1. The molecule has 0 unspecified atom stereocenters. The molecule has 0 bridgehead atoms. The minimum absolute atomic E-state index is 0.179. The van der Waals surface area contributed by atoms with E-state index in [4.69, 9.17) is 9.84 Å². The molecule has 0 fully saturated rings. The molecule has 0 saturated heterocycles. The van der Waals surface area contributed by atoms with Crippen LogP contribution in [0.4, 0.5) is 10.5 Å². The summed E-state index contributed by atoms with van der Waals surface area (Å²) in [5.41, 5.74) is 0.716. The molecule has 0 heterocycles. The first-order valence-corrected chi connectivity index (χ1v) is 6.45. The summed E-state index contributed by atoms with van der Waals surface area (Å²) in [7, 11) is 0. The number of urea groups is 1. The van der Waals surface area contributed by atoms with Gasteiger partial charge in [0.05, 0.1) is 12.2 Å². The first-order valence-electron chi connectivity index (χ1n) is 6.45. The van der Waals surface area contributed by atoms with Crippen LogP contribution in [0.15, 0.2) is 24.3 Å². The average Bonchev–Trinajstić information content (AvgIpc) is 2.38. The Hall–Kier alpha value is -2.08. The van der Waals surface area contributed by atoms with E-state index in [1.165, 1.54) is 24.3 Å². The molecule has 0 aliphatic carbocycles. The molecular weight excluding hydrogens is 260 g/mol. The van der Waals surface area contributed by atoms with E-state index in [-0.39, 0.29) is 11.6 Å². The SMILES string of the molecule is CC(C)COCCNC(=O)Nc1ccc(C(=O)O)cc1. The van der Waals surface area contributed by atoms with Crippen LogP contribution in [0, 0.1) is 5.92 Å². The summed E-state index contributed by atoms with van der Waals surface area (Å²) < 4.78 is 5.33. The van der Waals surface area contributed by atoms with Gasteiger partial charge in [-0.25, -0.2) is 9.59 Å². The van der Waals surface area contributed by atoms with Crippen LogP contribution >= 0.6 is 0 Å². The number of rotatable bonds is 7. The van der Waals surface area contributed by atoms with Crippen LogP contribution in [0.1, 0.15) is 24.2 Å². The monoisotopic (exact) mass is 280 g/mol. The van der Waals surface area contributed by atoms with Crippen molar-refractivity contribution >= 4 is 17.7 Å². The number of aromatic carboxylic acids is 1. The van der Waals surface area contributed by atoms with Crippen molar-refractivity contribution in [2.45, 2.75) is 13.8 Å². The van der Waals surface area contributed by atoms with Gasteiger partial charge in [0.1, 0.15) is 0 Å². The number of hydrogen-bond acceptors (Lipinski definition) is 3. The Bertz CT molecular complexity index is 443. The maximum absolute atomic E-state index is 11.5. The van der Waals surface area contributed by atoms with Crippen LogP contribution < -0.4 is 10.6 Å². The summed E-state index contributed by atoms with van der Waals surface area (Å²) in [5.74, 6) is -0.528. The molecule has 0 aromatic heterocycles. The van der Waals surface area contributed by atoms with E-state index >= 15 is 0 Å². The number of amides is 2. The fourth-order valence-electron chi connectivity index (χ4n) is 1.43. The molecule has 6 nitrogen and oxygen atoms in total. The first-order chi connectivity index (χ1) is 9.49. The van der Waals surface area contributed by atoms with Crippen molar-refractivity contribution < 1.29 is 19.4 Å². The minimum Gasteiger partial charge on any atom is -0.478 e. The van der Waals surface area contributed by atoms with Gasteiger partial charge in [-0.2, -0.15) is 0 Å². The Morgan fingerprint density at radius 1 is 1.25 bits per heavy atom. The molecular formula is C14H20N2O4. The van der Waals surface area contributed by atoms with Crippen molar-refractivity contribution in [3.05, 3.63) is 29.8 Å². The fourth-order valence-corrected chi connectivity index (χ4v) is 1.43. The molecule has 1 rings (SSSR count). The summed E-state index contributed by atoms with van der Waals surface area (Å²) in [6, 6.07) is 5.60. The highest BCUT2D eigenvalue weighted by Gasteiger charge is 2.04. The fraction of sp³-hybridized carbons (Fsp3) is 0.429. The van der Waals surface area contributed by atoms with Crippen LogP contribution in [-0.2, 0) is 4.74 Å². The van der Waals surface area contributed by atoms with Crippen molar-refractivity contribution in [1.29, 1.82) is 0 Å². The number of carbonyl (C=O) groups is 2. The molecule has 20 heavy (non-hydrogen) atoms. The van der Waals surface area contributed by atoms with Crippen LogP contribution in [0.2, 0.25) is 0 Å². The van der Waals surface area contributed by atoms with E-state index in [0.717, 1.165) is 0 Å². The maximum atomic E-state index is 11.5. The van der Waals surface area contributed by atoms with Gasteiger partial charge in [-0.05, 0) is 30.2 Å². The second-order valence-electron chi connectivity index (χ2n) is 4.73. The van der Waals surface area contributed by atoms with E-state index in [2.05, 4.69) is 24.5 Å². The standard InChI is InChI=1S/C14H20N2O4/c1-10(2)9-20-8-7-15-14(19)16-12-5-3-11(4-6-12)13(17)18/h3-6,10H,7-9H2,1-2H3,(H,17,18)(H2,15,16,19). The van der Waals surface area contributed by atoms with Crippen molar-refractivity contribution in [3.8, 4) is 0 Å². The van der Waals surface area contributed by atoms with Crippen LogP contribution in [-0.4, -0.2) is 36.9 Å². The highest BCUT2D eigenvalue weighted by Crippen LogP contribution is 2.09. The molecule has 0 radical (unpaired) electrons. The normalized spacial score (nSPS) is 10.3. The lowest BCUT2D eigenvalue weighted by atomic mass is 10.2. The van der Waals surface area contributed by atoms with E-state index in [1.807, 2.05) is 0 Å². The number of benzene rings is 1.